The highest BCUT2D eigenvalue weighted by atomic mass is 32.2. The predicted molar refractivity (Wildman–Crippen MR) is 111 cm³/mol. The number of aryl methyl sites for hydroxylation is 2. The van der Waals surface area contributed by atoms with Crippen molar-refractivity contribution in [2.45, 2.75) is 19.1 Å². The zero-order valence-corrected chi connectivity index (χ0v) is 16.7. The van der Waals surface area contributed by atoms with Crippen LogP contribution in [0.4, 0.5) is 5.88 Å². The number of rotatable bonds is 6. The molecule has 0 atom stereocenters. The molecule has 29 heavy (non-hydrogen) atoms. The highest BCUT2D eigenvalue weighted by molar-refractivity contribution is 7.99. The summed E-state index contributed by atoms with van der Waals surface area (Å²) in [5.74, 6) is 0.569. The third kappa shape index (κ3) is 4.72. The van der Waals surface area contributed by atoms with Gasteiger partial charge in [-0.05, 0) is 26.0 Å². The molecule has 1 amide bonds. The molecule has 2 aromatic heterocycles. The van der Waals surface area contributed by atoms with Crippen molar-refractivity contribution in [3.05, 3.63) is 65.7 Å². The first kappa shape index (κ1) is 18.9. The van der Waals surface area contributed by atoms with Gasteiger partial charge in [0, 0.05) is 17.2 Å². The molecule has 2 aromatic carbocycles. The van der Waals surface area contributed by atoms with Gasteiger partial charge in [-0.25, -0.2) is 0 Å². The number of benzene rings is 2. The van der Waals surface area contributed by atoms with Crippen molar-refractivity contribution >= 4 is 23.6 Å². The van der Waals surface area contributed by atoms with Gasteiger partial charge in [0.1, 0.15) is 5.69 Å². The van der Waals surface area contributed by atoms with Crippen molar-refractivity contribution in [2.75, 3.05) is 11.1 Å². The second-order valence-corrected chi connectivity index (χ2v) is 7.45. The van der Waals surface area contributed by atoms with Crippen LogP contribution in [0.5, 0.6) is 0 Å². The molecule has 7 nitrogen and oxygen atoms in total. The van der Waals surface area contributed by atoms with Crippen LogP contribution >= 0.6 is 11.8 Å². The van der Waals surface area contributed by atoms with E-state index in [4.69, 9.17) is 8.94 Å². The van der Waals surface area contributed by atoms with Gasteiger partial charge in [0.2, 0.25) is 17.7 Å². The summed E-state index contributed by atoms with van der Waals surface area (Å²) in [5, 5.41) is 15.0. The number of anilines is 1. The summed E-state index contributed by atoms with van der Waals surface area (Å²) in [4.78, 5) is 12.2. The average molecular weight is 406 g/mol. The first-order chi connectivity index (χ1) is 14.1. The molecule has 8 heteroatoms. The first-order valence-electron chi connectivity index (χ1n) is 8.94. The molecule has 0 radical (unpaired) electrons. The zero-order chi connectivity index (χ0) is 20.2. The maximum Gasteiger partial charge on any atom is 0.277 e. The molecule has 0 spiro atoms. The van der Waals surface area contributed by atoms with Gasteiger partial charge in [-0.1, -0.05) is 64.4 Å². The minimum atomic E-state index is -0.253. The smallest absolute Gasteiger partial charge is 0.277 e. The SMILES string of the molecule is Cc1ccc(-c2cc(NC(=O)CSc3nnc(-c4cccc(C)c4)o3)on2)cc1. The van der Waals surface area contributed by atoms with Crippen molar-refractivity contribution in [1.82, 2.24) is 15.4 Å². The molecule has 0 aliphatic heterocycles. The summed E-state index contributed by atoms with van der Waals surface area (Å²) in [7, 11) is 0. The van der Waals surface area contributed by atoms with Gasteiger partial charge >= 0.3 is 0 Å². The third-order valence-electron chi connectivity index (χ3n) is 4.12. The molecule has 2 heterocycles. The summed E-state index contributed by atoms with van der Waals surface area (Å²) in [6.45, 7) is 4.01. The molecule has 0 fully saturated rings. The second-order valence-electron chi connectivity index (χ2n) is 6.52. The summed E-state index contributed by atoms with van der Waals surface area (Å²) < 4.78 is 10.8. The topological polar surface area (TPSA) is 94.1 Å². The number of hydrogen-bond acceptors (Lipinski definition) is 7. The lowest BCUT2D eigenvalue weighted by Gasteiger charge is -1.98. The van der Waals surface area contributed by atoms with Crippen molar-refractivity contribution in [1.29, 1.82) is 0 Å². The molecule has 4 rings (SSSR count). The van der Waals surface area contributed by atoms with Crippen molar-refractivity contribution in [3.8, 4) is 22.7 Å². The lowest BCUT2D eigenvalue weighted by Crippen LogP contribution is -2.13. The van der Waals surface area contributed by atoms with Gasteiger partial charge in [-0.2, -0.15) is 0 Å². The van der Waals surface area contributed by atoms with Crippen LogP contribution in [0.1, 0.15) is 11.1 Å². The number of nitrogens with zero attached hydrogens (tertiary/aromatic N) is 3. The minimum Gasteiger partial charge on any atom is -0.411 e. The Morgan fingerprint density at radius 2 is 1.83 bits per heavy atom. The predicted octanol–water partition coefficient (Wildman–Crippen LogP) is 4.74. The van der Waals surface area contributed by atoms with E-state index >= 15 is 0 Å². The van der Waals surface area contributed by atoms with Gasteiger partial charge in [0.25, 0.3) is 5.22 Å². The Morgan fingerprint density at radius 1 is 1.00 bits per heavy atom. The summed E-state index contributed by atoms with van der Waals surface area (Å²) in [5.41, 5.74) is 4.69. The number of thioether (sulfide) groups is 1. The van der Waals surface area contributed by atoms with Crippen LogP contribution in [0, 0.1) is 13.8 Å². The fourth-order valence-corrected chi connectivity index (χ4v) is 3.22. The number of aromatic nitrogens is 3. The molecular formula is C21H18N4O3S. The van der Waals surface area contributed by atoms with Gasteiger partial charge in [0.05, 0.1) is 5.75 Å². The quantitative estimate of drug-likeness (QED) is 0.462. The van der Waals surface area contributed by atoms with Crippen LogP contribution in [-0.2, 0) is 4.79 Å². The van der Waals surface area contributed by atoms with E-state index in [-0.39, 0.29) is 17.5 Å². The second kappa shape index (κ2) is 8.32. The van der Waals surface area contributed by atoms with Gasteiger partial charge in [-0.3, -0.25) is 10.1 Å². The van der Waals surface area contributed by atoms with E-state index in [0.29, 0.717) is 16.8 Å². The van der Waals surface area contributed by atoms with Crippen LogP contribution in [0.25, 0.3) is 22.7 Å². The van der Waals surface area contributed by atoms with Gasteiger partial charge < -0.3 is 8.94 Å². The Kier molecular flexibility index (Phi) is 5.44. The van der Waals surface area contributed by atoms with E-state index in [1.165, 1.54) is 0 Å². The Morgan fingerprint density at radius 3 is 2.62 bits per heavy atom. The standard InChI is InChI=1S/C21H18N4O3S/c1-13-6-8-15(9-7-13)17-11-19(28-25-17)22-18(26)12-29-21-24-23-20(27-21)16-5-3-4-14(2)10-16/h3-11H,12H2,1-2H3,(H,22,26). The Labute approximate surface area is 171 Å². The molecule has 0 aliphatic carbocycles. The van der Waals surface area contributed by atoms with Crippen molar-refractivity contribution in [3.63, 3.8) is 0 Å². The molecule has 0 bridgehead atoms. The maximum absolute atomic E-state index is 12.2. The molecule has 1 N–H and O–H groups in total. The normalized spacial score (nSPS) is 10.8. The number of nitrogens with one attached hydrogen (secondary N) is 1. The summed E-state index contributed by atoms with van der Waals surface area (Å²) >= 11 is 1.16. The lowest BCUT2D eigenvalue weighted by atomic mass is 10.1. The number of carbonyl (C=O) groups is 1. The van der Waals surface area contributed by atoms with Gasteiger partial charge in [0.15, 0.2) is 0 Å². The molecule has 0 unspecified atom stereocenters. The largest absolute Gasteiger partial charge is 0.411 e. The van der Waals surface area contributed by atoms with E-state index in [1.54, 1.807) is 6.07 Å². The first-order valence-corrected chi connectivity index (χ1v) is 9.92. The highest BCUT2D eigenvalue weighted by Crippen LogP contribution is 2.25. The Balaban J connectivity index is 1.33. The van der Waals surface area contributed by atoms with E-state index < -0.39 is 0 Å². The Bertz CT molecular complexity index is 1130. The fraction of sp³-hybridized carbons (Fsp3) is 0.143. The molecule has 4 aromatic rings. The third-order valence-corrected chi connectivity index (χ3v) is 4.94. The maximum atomic E-state index is 12.2. The minimum absolute atomic E-state index is 0.107. The van der Waals surface area contributed by atoms with E-state index in [0.717, 1.165) is 34.0 Å². The molecule has 0 saturated carbocycles. The fourth-order valence-electron chi connectivity index (χ4n) is 2.66. The monoisotopic (exact) mass is 406 g/mol. The van der Waals surface area contributed by atoms with E-state index in [9.17, 15) is 4.79 Å². The zero-order valence-electron chi connectivity index (χ0n) is 15.9. The van der Waals surface area contributed by atoms with Crippen LogP contribution in [0.2, 0.25) is 0 Å². The molecule has 0 saturated heterocycles. The Hall–Kier alpha value is -3.39. The summed E-state index contributed by atoms with van der Waals surface area (Å²) in [6.07, 6.45) is 0. The van der Waals surface area contributed by atoms with Crippen LogP contribution < -0.4 is 5.32 Å². The molecule has 146 valence electrons. The number of amides is 1. The van der Waals surface area contributed by atoms with Crippen LogP contribution in [0.15, 0.2) is 68.8 Å². The van der Waals surface area contributed by atoms with Crippen molar-refractivity contribution < 1.29 is 13.7 Å². The number of hydrogen-bond donors (Lipinski definition) is 1. The highest BCUT2D eigenvalue weighted by Gasteiger charge is 2.13. The summed E-state index contributed by atoms with van der Waals surface area (Å²) in [6, 6.07) is 17.4. The molecule has 0 aliphatic rings. The lowest BCUT2D eigenvalue weighted by molar-refractivity contribution is -0.113. The van der Waals surface area contributed by atoms with Crippen LogP contribution in [-0.4, -0.2) is 27.0 Å². The van der Waals surface area contributed by atoms with Crippen LogP contribution in [0.3, 0.4) is 0 Å². The van der Waals surface area contributed by atoms with E-state index in [2.05, 4.69) is 20.7 Å². The van der Waals surface area contributed by atoms with E-state index in [1.807, 2.05) is 62.4 Å². The number of carbonyl (C=O) groups excluding carboxylic acids is 1. The van der Waals surface area contributed by atoms with Crippen molar-refractivity contribution in [2.24, 2.45) is 0 Å². The van der Waals surface area contributed by atoms with Gasteiger partial charge in [-0.15, -0.1) is 10.2 Å². The molecular weight excluding hydrogens is 388 g/mol. The average Bonchev–Trinajstić information content (AvgIpc) is 3.37.